The van der Waals surface area contributed by atoms with Crippen molar-refractivity contribution < 1.29 is 18.3 Å². The summed E-state index contributed by atoms with van der Waals surface area (Å²) in [4.78, 5) is 17.1. The van der Waals surface area contributed by atoms with Gasteiger partial charge in [-0.25, -0.2) is 4.98 Å². The molecule has 1 aliphatic carbocycles. The number of amides is 1. The molecule has 2 aromatic rings. The monoisotopic (exact) mass is 501 g/mol. The molecule has 0 aliphatic heterocycles. The van der Waals surface area contributed by atoms with Crippen molar-refractivity contribution in [2.45, 2.75) is 36.8 Å². The third-order valence-corrected chi connectivity index (χ3v) is 4.64. The molecular weight excluding hydrogens is 479 g/mol. The standard InChI is InChI=1S/C20H22F2IN3O2/c1-12-8-16(10-18(25-12)24-11-14-6-7-14)19(27)26-13(2)15-4-3-5-17(9-15)28-20(21,22)23/h3-5,8-10,13-14H,6-7,11H2,1-2H3,(H,24,25)(H,26,27). The van der Waals surface area contributed by atoms with Gasteiger partial charge in [0.25, 0.3) is 5.91 Å². The summed E-state index contributed by atoms with van der Waals surface area (Å²) in [5.74, 6) is 1.18. The van der Waals surface area contributed by atoms with Gasteiger partial charge in [-0.2, -0.15) is 8.78 Å². The first-order valence-electron chi connectivity index (χ1n) is 9.09. The first-order chi connectivity index (χ1) is 13.2. The van der Waals surface area contributed by atoms with Crippen molar-refractivity contribution in [2.75, 3.05) is 11.9 Å². The van der Waals surface area contributed by atoms with Crippen LogP contribution < -0.4 is 15.4 Å². The van der Waals surface area contributed by atoms with Gasteiger partial charge in [0.05, 0.1) is 28.6 Å². The van der Waals surface area contributed by atoms with Crippen LogP contribution in [0.25, 0.3) is 0 Å². The molecule has 0 radical (unpaired) electrons. The zero-order valence-electron chi connectivity index (χ0n) is 15.6. The number of rotatable bonds is 8. The summed E-state index contributed by atoms with van der Waals surface area (Å²) < 4.78 is 27.4. The molecule has 1 amide bonds. The Bertz CT molecular complexity index is 854. The largest absolute Gasteiger partial charge is 0.451 e. The summed E-state index contributed by atoms with van der Waals surface area (Å²) in [6, 6.07) is 9.39. The lowest BCUT2D eigenvalue weighted by Gasteiger charge is -2.17. The van der Waals surface area contributed by atoms with Crippen LogP contribution in [-0.4, -0.2) is 21.6 Å². The summed E-state index contributed by atoms with van der Waals surface area (Å²) in [6.07, 6.45) is 2.46. The maximum atomic E-state index is 13.0. The minimum Gasteiger partial charge on any atom is -0.425 e. The van der Waals surface area contributed by atoms with Crippen LogP contribution in [0.1, 0.15) is 47.4 Å². The van der Waals surface area contributed by atoms with E-state index in [1.54, 1.807) is 31.2 Å². The highest BCUT2D eigenvalue weighted by molar-refractivity contribution is 14.1. The minimum atomic E-state index is -3.29. The third-order valence-electron chi connectivity index (χ3n) is 4.42. The predicted molar refractivity (Wildman–Crippen MR) is 112 cm³/mol. The van der Waals surface area contributed by atoms with Gasteiger partial charge in [-0.1, -0.05) is 12.1 Å². The van der Waals surface area contributed by atoms with Gasteiger partial charge in [-0.3, -0.25) is 4.79 Å². The summed E-state index contributed by atoms with van der Waals surface area (Å²) >= 11 is 0.920. The lowest BCUT2D eigenvalue weighted by molar-refractivity contribution is -0.0692. The van der Waals surface area contributed by atoms with Crippen molar-refractivity contribution in [2.24, 2.45) is 5.92 Å². The molecule has 0 saturated heterocycles. The number of aryl methyl sites for hydroxylation is 1. The van der Waals surface area contributed by atoms with E-state index in [1.807, 2.05) is 6.92 Å². The van der Waals surface area contributed by atoms with Crippen LogP contribution in [0.15, 0.2) is 36.4 Å². The normalized spacial score (nSPS) is 15.0. The van der Waals surface area contributed by atoms with E-state index in [-0.39, 0.29) is 17.7 Å². The van der Waals surface area contributed by atoms with Gasteiger partial charge < -0.3 is 15.4 Å². The lowest BCUT2D eigenvalue weighted by atomic mass is 10.1. The van der Waals surface area contributed by atoms with Crippen LogP contribution in [-0.2, 0) is 0 Å². The minimum absolute atomic E-state index is 0.0457. The molecule has 1 unspecified atom stereocenters. The highest BCUT2D eigenvalue weighted by Gasteiger charge is 2.26. The molecule has 0 spiro atoms. The number of ether oxygens (including phenoxy) is 1. The number of nitrogens with one attached hydrogen (secondary N) is 2. The van der Waals surface area contributed by atoms with Crippen molar-refractivity contribution in [3.05, 3.63) is 53.2 Å². The predicted octanol–water partition coefficient (Wildman–Crippen LogP) is 5.07. The smallest absolute Gasteiger partial charge is 0.425 e. The van der Waals surface area contributed by atoms with Gasteiger partial charge in [0.1, 0.15) is 11.6 Å². The number of anilines is 1. The van der Waals surface area contributed by atoms with E-state index in [2.05, 4.69) is 20.4 Å². The number of aromatic nitrogens is 1. The van der Waals surface area contributed by atoms with Gasteiger partial charge in [-0.15, -0.1) is 0 Å². The molecule has 5 nitrogen and oxygen atoms in total. The van der Waals surface area contributed by atoms with Crippen molar-refractivity contribution in [3.63, 3.8) is 0 Å². The summed E-state index contributed by atoms with van der Waals surface area (Å²) in [5.41, 5.74) is 1.92. The molecule has 1 fully saturated rings. The van der Waals surface area contributed by atoms with Gasteiger partial charge >= 0.3 is 4.12 Å². The number of alkyl halides is 3. The van der Waals surface area contributed by atoms with E-state index in [0.717, 1.165) is 34.8 Å². The number of benzene rings is 1. The Morgan fingerprint density at radius 2 is 2.11 bits per heavy atom. The molecule has 1 aromatic heterocycles. The van der Waals surface area contributed by atoms with Crippen molar-refractivity contribution >= 4 is 34.3 Å². The molecular formula is C20H22F2IN3O2. The Labute approximate surface area is 176 Å². The van der Waals surface area contributed by atoms with Gasteiger partial charge in [0.2, 0.25) is 0 Å². The first-order valence-corrected chi connectivity index (χ1v) is 10.2. The van der Waals surface area contributed by atoms with Crippen LogP contribution in [0.3, 0.4) is 0 Å². The molecule has 2 N–H and O–H groups in total. The number of hydrogen-bond donors (Lipinski definition) is 2. The van der Waals surface area contributed by atoms with Crippen LogP contribution >= 0.6 is 22.6 Å². The quantitative estimate of drug-likeness (QED) is 0.392. The van der Waals surface area contributed by atoms with Gasteiger partial charge in [-0.05, 0) is 62.4 Å². The van der Waals surface area contributed by atoms with Gasteiger partial charge in [0.15, 0.2) is 0 Å². The van der Waals surface area contributed by atoms with E-state index >= 15 is 0 Å². The Morgan fingerprint density at radius 3 is 2.79 bits per heavy atom. The molecule has 28 heavy (non-hydrogen) atoms. The third kappa shape index (κ3) is 6.29. The average molecular weight is 501 g/mol. The highest BCUT2D eigenvalue weighted by Crippen LogP contribution is 2.30. The van der Waals surface area contributed by atoms with Gasteiger partial charge in [0, 0.05) is 17.8 Å². The summed E-state index contributed by atoms with van der Waals surface area (Å²) in [7, 11) is 0. The fourth-order valence-electron chi connectivity index (χ4n) is 2.81. The second-order valence-electron chi connectivity index (χ2n) is 7.02. The molecule has 1 atom stereocenters. The molecule has 1 aliphatic rings. The number of carbonyl (C=O) groups is 1. The van der Waals surface area contributed by atoms with Crippen LogP contribution in [0.4, 0.5) is 14.6 Å². The van der Waals surface area contributed by atoms with Crippen LogP contribution in [0.2, 0.25) is 0 Å². The van der Waals surface area contributed by atoms with Crippen LogP contribution in [0.5, 0.6) is 5.75 Å². The van der Waals surface area contributed by atoms with E-state index < -0.39 is 4.12 Å². The van der Waals surface area contributed by atoms with Crippen molar-refractivity contribution in [3.8, 4) is 5.75 Å². The second-order valence-corrected chi connectivity index (χ2v) is 8.28. The second kappa shape index (κ2) is 8.59. The number of pyridine rings is 1. The summed E-state index contributed by atoms with van der Waals surface area (Å²) in [6.45, 7) is 4.50. The zero-order valence-corrected chi connectivity index (χ0v) is 17.8. The molecule has 1 saturated carbocycles. The number of hydrogen-bond acceptors (Lipinski definition) is 4. The molecule has 1 aromatic carbocycles. The molecule has 1 heterocycles. The number of halogens is 3. The number of carbonyl (C=O) groups excluding carboxylic acids is 1. The molecule has 0 bridgehead atoms. The maximum absolute atomic E-state index is 13.0. The lowest BCUT2D eigenvalue weighted by Crippen LogP contribution is -2.27. The highest BCUT2D eigenvalue weighted by atomic mass is 127. The van der Waals surface area contributed by atoms with E-state index in [0.29, 0.717) is 22.9 Å². The molecule has 8 heteroatoms. The Hall–Kier alpha value is -1.97. The first kappa shape index (κ1) is 20.8. The molecule has 150 valence electrons. The maximum Gasteiger partial charge on any atom is 0.451 e. The number of nitrogens with zero attached hydrogens (tertiary/aromatic N) is 1. The molecule has 3 rings (SSSR count). The topological polar surface area (TPSA) is 63.2 Å². The Morgan fingerprint density at radius 1 is 1.36 bits per heavy atom. The van der Waals surface area contributed by atoms with Crippen LogP contribution in [0, 0.1) is 12.8 Å². The fraction of sp³-hybridized carbons (Fsp3) is 0.400. The fourth-order valence-corrected chi connectivity index (χ4v) is 3.06. The van der Waals surface area contributed by atoms with E-state index in [9.17, 15) is 13.6 Å². The Balaban J connectivity index is 1.67. The average Bonchev–Trinajstić information content (AvgIpc) is 3.42. The zero-order chi connectivity index (χ0) is 20.3. The SMILES string of the molecule is Cc1cc(C(=O)NC(C)c2cccc(OC(F)(F)I)c2)cc(NCC2CC2)n1. The Kier molecular flexibility index (Phi) is 6.36. The van der Waals surface area contributed by atoms with Crippen molar-refractivity contribution in [1.29, 1.82) is 0 Å². The summed E-state index contributed by atoms with van der Waals surface area (Å²) in [5, 5.41) is 6.17. The van der Waals surface area contributed by atoms with Crippen molar-refractivity contribution in [1.82, 2.24) is 10.3 Å². The van der Waals surface area contributed by atoms with E-state index in [1.165, 1.54) is 25.0 Å². The van der Waals surface area contributed by atoms with E-state index in [4.69, 9.17) is 0 Å².